The van der Waals surface area contributed by atoms with Crippen molar-refractivity contribution in [3.63, 3.8) is 0 Å². The van der Waals surface area contributed by atoms with Crippen LogP contribution in [0.5, 0.6) is 0 Å². The van der Waals surface area contributed by atoms with Crippen molar-refractivity contribution in [3.8, 4) is 0 Å². The van der Waals surface area contributed by atoms with Crippen LogP contribution in [0.25, 0.3) is 0 Å². The van der Waals surface area contributed by atoms with E-state index in [1.165, 1.54) is 7.11 Å². The van der Waals surface area contributed by atoms with Crippen LogP contribution in [-0.4, -0.2) is 43.7 Å². The van der Waals surface area contributed by atoms with Gasteiger partial charge < -0.3 is 18.9 Å². The minimum Gasteiger partial charge on any atom is -0.455 e. The van der Waals surface area contributed by atoms with E-state index in [2.05, 4.69) is 0 Å². The summed E-state index contributed by atoms with van der Waals surface area (Å²) in [5.41, 5.74) is 0.852. The van der Waals surface area contributed by atoms with Crippen LogP contribution in [0, 0.1) is 0 Å². The van der Waals surface area contributed by atoms with E-state index in [0.717, 1.165) is 0 Å². The van der Waals surface area contributed by atoms with Gasteiger partial charge in [0, 0.05) is 13.5 Å². The van der Waals surface area contributed by atoms with Gasteiger partial charge in [0.2, 0.25) is 0 Å². The van der Waals surface area contributed by atoms with E-state index in [1.54, 1.807) is 55.5 Å². The molecule has 0 spiro atoms. The maximum atomic E-state index is 12.5. The zero-order valence-corrected chi connectivity index (χ0v) is 15.2. The molecule has 142 valence electrons. The number of hydrogen-bond donors (Lipinski definition) is 0. The number of ether oxygens (including phenoxy) is 4. The maximum Gasteiger partial charge on any atom is 0.338 e. The Hall–Kier alpha value is -2.70. The van der Waals surface area contributed by atoms with Crippen LogP contribution < -0.4 is 0 Å². The molecule has 2 aromatic carbocycles. The Bertz CT molecular complexity index is 761. The van der Waals surface area contributed by atoms with Crippen LogP contribution in [0.4, 0.5) is 0 Å². The van der Waals surface area contributed by atoms with Crippen molar-refractivity contribution in [2.75, 3.05) is 7.11 Å². The number of esters is 2. The third-order valence-corrected chi connectivity index (χ3v) is 4.40. The topological polar surface area (TPSA) is 71.1 Å². The highest BCUT2D eigenvalue weighted by atomic mass is 16.7. The molecule has 3 rings (SSSR count). The second-order valence-corrected chi connectivity index (χ2v) is 6.29. The fourth-order valence-corrected chi connectivity index (χ4v) is 2.98. The minimum absolute atomic E-state index is 0.270. The Morgan fingerprint density at radius 1 is 0.889 bits per heavy atom. The van der Waals surface area contributed by atoms with Crippen molar-refractivity contribution in [2.45, 2.75) is 37.9 Å². The molecule has 27 heavy (non-hydrogen) atoms. The summed E-state index contributed by atoms with van der Waals surface area (Å²) in [5.74, 6) is -0.974. The van der Waals surface area contributed by atoms with Gasteiger partial charge in [-0.1, -0.05) is 36.4 Å². The van der Waals surface area contributed by atoms with Crippen LogP contribution in [-0.2, 0) is 18.9 Å². The van der Waals surface area contributed by atoms with Crippen molar-refractivity contribution in [1.82, 2.24) is 0 Å². The third kappa shape index (κ3) is 4.72. The van der Waals surface area contributed by atoms with Gasteiger partial charge in [0.1, 0.15) is 6.10 Å². The van der Waals surface area contributed by atoms with Crippen LogP contribution in [0.15, 0.2) is 60.7 Å². The molecule has 0 saturated carbocycles. The number of methoxy groups -OCH3 is 1. The normalized spacial score (nSPS) is 24.8. The number of carbonyl (C=O) groups is 2. The first-order valence-electron chi connectivity index (χ1n) is 8.79. The molecule has 0 unspecified atom stereocenters. The highest BCUT2D eigenvalue weighted by Gasteiger charge is 2.42. The highest BCUT2D eigenvalue weighted by molar-refractivity contribution is 5.90. The van der Waals surface area contributed by atoms with Gasteiger partial charge in [-0.05, 0) is 31.2 Å². The molecule has 0 aliphatic carbocycles. The fourth-order valence-electron chi connectivity index (χ4n) is 2.98. The summed E-state index contributed by atoms with van der Waals surface area (Å²) in [5, 5.41) is 0. The summed E-state index contributed by atoms with van der Waals surface area (Å²) < 4.78 is 22.3. The van der Waals surface area contributed by atoms with Gasteiger partial charge in [-0.25, -0.2) is 9.59 Å². The second kappa shape index (κ2) is 8.79. The second-order valence-electron chi connectivity index (χ2n) is 6.29. The number of hydrogen-bond acceptors (Lipinski definition) is 6. The Labute approximate surface area is 158 Å². The Morgan fingerprint density at radius 3 is 1.93 bits per heavy atom. The molecule has 1 heterocycles. The summed E-state index contributed by atoms with van der Waals surface area (Å²) in [4.78, 5) is 24.9. The molecular weight excluding hydrogens is 348 g/mol. The smallest absolute Gasteiger partial charge is 0.338 e. The average Bonchev–Trinajstić information content (AvgIpc) is 2.71. The van der Waals surface area contributed by atoms with E-state index in [9.17, 15) is 9.59 Å². The minimum atomic E-state index is -0.739. The van der Waals surface area contributed by atoms with Gasteiger partial charge in [0.25, 0.3) is 0 Å². The molecule has 1 aliphatic rings. The first kappa shape index (κ1) is 19.1. The molecule has 2 aromatic rings. The van der Waals surface area contributed by atoms with Gasteiger partial charge in [-0.15, -0.1) is 0 Å². The predicted octanol–water partition coefficient (Wildman–Crippen LogP) is 3.22. The van der Waals surface area contributed by atoms with Gasteiger partial charge in [0.05, 0.1) is 17.2 Å². The third-order valence-electron chi connectivity index (χ3n) is 4.40. The zero-order chi connectivity index (χ0) is 19.2. The van der Waals surface area contributed by atoms with Crippen LogP contribution in [0.2, 0.25) is 0 Å². The molecule has 6 heteroatoms. The van der Waals surface area contributed by atoms with E-state index in [0.29, 0.717) is 11.1 Å². The Balaban J connectivity index is 1.76. The number of rotatable bonds is 5. The zero-order valence-electron chi connectivity index (χ0n) is 15.2. The van der Waals surface area contributed by atoms with Crippen molar-refractivity contribution in [3.05, 3.63) is 71.8 Å². The van der Waals surface area contributed by atoms with E-state index in [-0.39, 0.29) is 6.42 Å². The molecule has 0 N–H and O–H groups in total. The summed E-state index contributed by atoms with van der Waals surface area (Å²) in [6.07, 6.45) is -2.19. The molecule has 1 aliphatic heterocycles. The van der Waals surface area contributed by atoms with Gasteiger partial charge in [-0.3, -0.25) is 0 Å². The monoisotopic (exact) mass is 370 g/mol. The highest BCUT2D eigenvalue weighted by Crippen LogP contribution is 2.27. The van der Waals surface area contributed by atoms with Crippen molar-refractivity contribution < 1.29 is 28.5 Å². The van der Waals surface area contributed by atoms with E-state index >= 15 is 0 Å². The number of benzene rings is 2. The SMILES string of the molecule is CO[C@@H]1C[C@@H](OC(=O)c2ccccc2)[C@H](OC(=O)c2ccccc2)[C@@H](C)O1. The molecule has 0 amide bonds. The first-order chi connectivity index (χ1) is 13.1. The fraction of sp³-hybridized carbons (Fsp3) is 0.333. The van der Waals surface area contributed by atoms with Crippen LogP contribution >= 0.6 is 0 Å². The van der Waals surface area contributed by atoms with Crippen molar-refractivity contribution in [1.29, 1.82) is 0 Å². The molecule has 6 nitrogen and oxygen atoms in total. The lowest BCUT2D eigenvalue weighted by atomic mass is 10.0. The molecule has 0 bridgehead atoms. The van der Waals surface area contributed by atoms with Gasteiger partial charge >= 0.3 is 11.9 Å². The molecular formula is C21H22O6. The number of carbonyl (C=O) groups excluding carboxylic acids is 2. The summed E-state index contributed by atoms with van der Waals surface area (Å²) >= 11 is 0. The standard InChI is InChI=1S/C21H22O6/c1-14-19(27-21(23)16-11-7-4-8-12-16)17(13-18(24-2)25-14)26-20(22)15-9-5-3-6-10-15/h3-12,14,17-19H,13H2,1-2H3/t14-,17-,18+,19-/m1/s1. The Kier molecular flexibility index (Phi) is 6.21. The summed E-state index contributed by atoms with van der Waals surface area (Å²) in [6, 6.07) is 17.3. The van der Waals surface area contributed by atoms with Crippen LogP contribution in [0.3, 0.4) is 0 Å². The lowest BCUT2D eigenvalue weighted by Crippen LogP contribution is -2.51. The Morgan fingerprint density at radius 2 is 1.41 bits per heavy atom. The average molecular weight is 370 g/mol. The van der Waals surface area contributed by atoms with E-state index in [4.69, 9.17) is 18.9 Å². The lowest BCUT2D eigenvalue weighted by molar-refractivity contribution is -0.236. The molecule has 0 aromatic heterocycles. The van der Waals surface area contributed by atoms with Crippen molar-refractivity contribution >= 4 is 11.9 Å². The molecule has 1 saturated heterocycles. The summed E-state index contributed by atoms with van der Waals surface area (Å²) in [6.45, 7) is 1.76. The lowest BCUT2D eigenvalue weighted by Gasteiger charge is -2.38. The van der Waals surface area contributed by atoms with E-state index < -0.39 is 36.5 Å². The van der Waals surface area contributed by atoms with E-state index in [1.807, 2.05) is 12.1 Å². The maximum absolute atomic E-state index is 12.5. The first-order valence-corrected chi connectivity index (χ1v) is 8.79. The predicted molar refractivity (Wildman–Crippen MR) is 97.3 cm³/mol. The molecule has 1 fully saturated rings. The van der Waals surface area contributed by atoms with Crippen LogP contribution in [0.1, 0.15) is 34.1 Å². The largest absolute Gasteiger partial charge is 0.455 e. The van der Waals surface area contributed by atoms with Gasteiger partial charge in [0.15, 0.2) is 12.4 Å². The summed E-state index contributed by atoms with van der Waals surface area (Å²) in [7, 11) is 1.52. The quantitative estimate of drug-likeness (QED) is 0.753. The molecule has 4 atom stereocenters. The molecule has 0 radical (unpaired) electrons. The van der Waals surface area contributed by atoms with Gasteiger partial charge in [-0.2, -0.15) is 0 Å². The van der Waals surface area contributed by atoms with Crippen molar-refractivity contribution in [2.24, 2.45) is 0 Å².